The molecule has 0 saturated carbocycles. The summed E-state index contributed by atoms with van der Waals surface area (Å²) >= 11 is 31.6. The van der Waals surface area contributed by atoms with Gasteiger partial charge in [-0.25, -0.2) is 19.2 Å². The summed E-state index contributed by atoms with van der Waals surface area (Å²) in [5.74, 6) is -1.02. The first-order valence-corrected chi connectivity index (χ1v) is 46.9. The second-order valence-electron chi connectivity index (χ2n) is 35.8. The fraction of sp³-hybridized carbons (Fsp3) is 0.396. The van der Waals surface area contributed by atoms with Gasteiger partial charge >= 0.3 is 23.9 Å². The molecule has 690 valence electrons. The lowest BCUT2D eigenvalue weighted by atomic mass is 9.88. The first-order valence-electron chi connectivity index (χ1n) is 42.2. The zero-order valence-corrected chi connectivity index (χ0v) is 86.9. The number of aliphatic hydroxyl groups is 3. The molecule has 0 spiro atoms. The topological polar surface area (TPSA) is 249 Å². The van der Waals surface area contributed by atoms with Gasteiger partial charge in [0.1, 0.15) is 18.6 Å². The van der Waals surface area contributed by atoms with Crippen LogP contribution in [0.4, 0.5) is 0 Å². The average molecular weight is 2180 g/mol. The number of halogens is 7. The van der Waals surface area contributed by atoms with Crippen LogP contribution >= 0.6 is 114 Å². The normalized spacial score (nSPS) is 13.5. The van der Waals surface area contributed by atoms with Crippen molar-refractivity contribution in [3.05, 3.63) is 219 Å². The summed E-state index contributed by atoms with van der Waals surface area (Å²) in [4.78, 5) is 63.4. The van der Waals surface area contributed by atoms with Crippen LogP contribution in [-0.4, -0.2) is 141 Å². The molecule has 28 heteroatoms. The average Bonchev–Trinajstić information content (AvgIpc) is 1.63. The molecule has 8 aromatic carbocycles. The molecular formula is C101H115Cl4I3N4O17. The van der Waals surface area contributed by atoms with Crippen molar-refractivity contribution < 1.29 is 81.9 Å². The number of carbonyl (C=O) groups is 5. The summed E-state index contributed by atoms with van der Waals surface area (Å²) in [7, 11) is 5.49. The Morgan fingerprint density at radius 3 is 0.977 bits per heavy atom. The molecule has 1 unspecified atom stereocenters. The standard InChI is InChI=1S/C26H31ClINO5.C25H29ClINO4.C25H27ClINO4.C25H28ClNO4/c1-14-11-19-21(16-7-9-17(27)10-8-16)20(24(25(32)33-6)34-26(3,4)5)15(2)22(28)23(19)29(14)12-18(31)13-30;2*1-14-13-18-20(16-7-9-17(26)10-8-16)19(23(24(30)31-6)32-25(3,4)5)15(2)21(27)22(18)28(14)11-12-29;1-14-13-18-20(16-7-9-17(26)10-8-16)19(23(24(28)29-6)31-25(3,4)5)15(2)22-21(18)27(14)11-12-30-22/h7-11,18,24,30-31H,12-13H2,1-6H3;7-10,13,23,29H,11-12H2,1-6H3;7-10,12-13,23H,11H2,1-6H3;7-10,13,23H,11-12H2,1-6H3/t18?,24-;3*23-/m0000/s1. The Kier molecular flexibility index (Phi) is 34.2. The van der Waals surface area contributed by atoms with Gasteiger partial charge in [-0.05, 0) is 340 Å². The van der Waals surface area contributed by atoms with Gasteiger partial charge in [0, 0.05) is 109 Å². The van der Waals surface area contributed by atoms with Gasteiger partial charge in [-0.1, -0.05) is 94.9 Å². The predicted molar refractivity (Wildman–Crippen MR) is 540 cm³/mol. The van der Waals surface area contributed by atoms with Crippen LogP contribution < -0.4 is 4.74 Å². The van der Waals surface area contributed by atoms with Gasteiger partial charge in [0.15, 0.2) is 24.4 Å². The lowest BCUT2D eigenvalue weighted by molar-refractivity contribution is -0.164. The first-order chi connectivity index (χ1) is 60.5. The second kappa shape index (κ2) is 42.7. The number of hydrogen-bond donors (Lipinski definition) is 3. The highest BCUT2D eigenvalue weighted by molar-refractivity contribution is 14.1. The van der Waals surface area contributed by atoms with Crippen LogP contribution in [0, 0.1) is 66.1 Å². The fourth-order valence-electron chi connectivity index (χ4n) is 16.6. The van der Waals surface area contributed by atoms with Gasteiger partial charge in [0.05, 0.1) is 112 Å². The van der Waals surface area contributed by atoms with Crippen LogP contribution in [0.1, 0.15) is 175 Å². The van der Waals surface area contributed by atoms with Crippen molar-refractivity contribution in [1.29, 1.82) is 0 Å². The SMILES string of the molecule is COC(=O)[C@@H](OC(C)(C)C)c1c(C)c(I)c2c(cc(C)n2CC(O)CO)c1-c1ccc(Cl)cc1.COC(=O)[C@@H](OC(C)(C)C)c1c(C)c(I)c2c(cc(C)n2CC=O)c1-c1ccc(Cl)cc1.COC(=O)[C@@H](OC(C)(C)C)c1c(C)c(I)c2c(cc(C)n2CCO)c1-c1ccc(Cl)cc1.COC(=O)[C@@H](OC(C)(C)C)c1c(C)c2c3c(cc(C)n3CCO2)c1-c1ccc(Cl)cc1. The van der Waals surface area contributed by atoms with E-state index in [1.54, 1.807) is 0 Å². The molecule has 4 aromatic heterocycles. The van der Waals surface area contributed by atoms with E-state index < -0.39 is 76.8 Å². The number of hydrogen-bond acceptors (Lipinski definition) is 17. The van der Waals surface area contributed by atoms with Crippen LogP contribution in [0.2, 0.25) is 20.1 Å². The summed E-state index contributed by atoms with van der Waals surface area (Å²) in [6.45, 7) is 41.1. The molecular weight excluding hydrogens is 2060 g/mol. The van der Waals surface area contributed by atoms with Crippen LogP contribution in [0.3, 0.4) is 0 Å². The van der Waals surface area contributed by atoms with E-state index in [4.69, 9.17) is 89.0 Å². The minimum absolute atomic E-state index is 0.0374. The number of esters is 4. The van der Waals surface area contributed by atoms with E-state index in [-0.39, 0.29) is 26.3 Å². The smallest absolute Gasteiger partial charge is 0.339 e. The van der Waals surface area contributed by atoms with Crippen molar-refractivity contribution >= 4 is 188 Å². The van der Waals surface area contributed by atoms with Gasteiger partial charge in [-0.3, -0.25) is 0 Å². The number of aldehydes is 1. The highest BCUT2D eigenvalue weighted by Crippen LogP contribution is 2.52. The third-order valence-corrected chi connectivity index (χ3v) is 27.0. The van der Waals surface area contributed by atoms with Crippen molar-refractivity contribution in [2.75, 3.05) is 48.3 Å². The molecule has 0 fully saturated rings. The molecule has 21 nitrogen and oxygen atoms in total. The number of nitrogens with zero attached hydrogens (tertiary/aromatic N) is 4. The minimum Gasteiger partial charge on any atom is -0.489 e. The summed E-state index contributed by atoms with van der Waals surface area (Å²) < 4.78 is 63.2. The lowest BCUT2D eigenvalue weighted by Crippen LogP contribution is -2.29. The van der Waals surface area contributed by atoms with E-state index >= 15 is 0 Å². The van der Waals surface area contributed by atoms with Gasteiger partial charge in [-0.2, -0.15) is 0 Å². The van der Waals surface area contributed by atoms with Crippen LogP contribution in [0.15, 0.2) is 121 Å². The third kappa shape index (κ3) is 23.1. The maximum atomic E-state index is 13.0. The Bertz CT molecular complexity index is 6170. The minimum atomic E-state index is -0.944. The van der Waals surface area contributed by atoms with Crippen molar-refractivity contribution in [3.8, 4) is 50.3 Å². The number of benzene rings is 8. The van der Waals surface area contributed by atoms with Gasteiger partial charge in [0.25, 0.3) is 0 Å². The Morgan fingerprint density at radius 1 is 0.419 bits per heavy atom. The van der Waals surface area contributed by atoms with E-state index in [1.807, 2.05) is 244 Å². The number of methoxy groups -OCH3 is 4. The molecule has 1 aliphatic heterocycles. The third-order valence-electron chi connectivity index (χ3n) is 22.0. The summed E-state index contributed by atoms with van der Waals surface area (Å²) in [6, 6.07) is 38.6. The fourth-order valence-corrected chi connectivity index (χ4v) is 19.7. The van der Waals surface area contributed by atoms with Gasteiger partial charge < -0.3 is 81.0 Å². The Hall–Kier alpha value is -7.66. The van der Waals surface area contributed by atoms with E-state index in [9.17, 15) is 39.3 Å². The number of rotatable bonds is 23. The molecule has 5 heterocycles. The lowest BCUT2D eigenvalue weighted by Gasteiger charge is -2.31. The van der Waals surface area contributed by atoms with E-state index in [0.717, 1.165) is 185 Å². The number of ether oxygens (including phenoxy) is 9. The maximum Gasteiger partial charge on any atom is 0.339 e. The molecule has 0 bridgehead atoms. The van der Waals surface area contributed by atoms with E-state index in [1.165, 1.54) is 28.4 Å². The van der Waals surface area contributed by atoms with Gasteiger partial charge in [0.2, 0.25) is 0 Å². The Balaban J connectivity index is 0.000000179. The highest BCUT2D eigenvalue weighted by Gasteiger charge is 2.41. The molecule has 5 atom stereocenters. The molecule has 1 aliphatic rings. The van der Waals surface area contributed by atoms with Crippen LogP contribution in [-0.2, 0) is 88.0 Å². The van der Waals surface area contributed by atoms with Crippen molar-refractivity contribution in [1.82, 2.24) is 18.3 Å². The Morgan fingerprint density at radius 2 is 0.690 bits per heavy atom. The zero-order chi connectivity index (χ0) is 95.5. The van der Waals surface area contributed by atoms with Crippen LogP contribution in [0.25, 0.3) is 88.1 Å². The number of aryl methyl sites for hydroxylation is 4. The Labute approximate surface area is 816 Å². The van der Waals surface area contributed by atoms with Gasteiger partial charge in [-0.15, -0.1) is 0 Å². The van der Waals surface area contributed by atoms with E-state index in [2.05, 4.69) is 102 Å². The van der Waals surface area contributed by atoms with E-state index in [0.29, 0.717) is 33.2 Å². The number of fused-ring (bicyclic) bond motifs is 3. The number of carbonyl (C=O) groups excluding carboxylic acids is 5. The first kappa shape index (κ1) is 103. The molecule has 3 N–H and O–H groups in total. The van der Waals surface area contributed by atoms with Crippen molar-refractivity contribution in [2.24, 2.45) is 0 Å². The molecule has 0 amide bonds. The number of aromatic nitrogens is 4. The summed E-state index contributed by atoms with van der Waals surface area (Å²) in [5.41, 5.74) is 19.7. The molecule has 13 rings (SSSR count). The maximum absolute atomic E-state index is 13.0. The molecule has 12 aromatic rings. The highest BCUT2D eigenvalue weighted by atomic mass is 127. The van der Waals surface area contributed by atoms with Crippen molar-refractivity contribution in [3.63, 3.8) is 0 Å². The second-order valence-corrected chi connectivity index (χ2v) is 40.8. The predicted octanol–water partition coefficient (Wildman–Crippen LogP) is 24.2. The zero-order valence-electron chi connectivity index (χ0n) is 77.5. The largest absolute Gasteiger partial charge is 0.489 e. The van der Waals surface area contributed by atoms with Crippen LogP contribution in [0.5, 0.6) is 5.75 Å². The van der Waals surface area contributed by atoms with Crippen molar-refractivity contribution in [2.45, 2.75) is 218 Å². The molecule has 0 radical (unpaired) electrons. The molecule has 129 heavy (non-hydrogen) atoms. The number of aliphatic hydroxyl groups excluding tert-OH is 3. The monoisotopic (exact) mass is 2180 g/mol. The molecule has 0 aliphatic carbocycles. The summed E-state index contributed by atoms with van der Waals surface area (Å²) in [6.07, 6.45) is -3.65. The molecule has 0 saturated heterocycles. The summed E-state index contributed by atoms with van der Waals surface area (Å²) in [5, 5.41) is 35.7. The quantitative estimate of drug-likeness (QED) is 0.0233.